The van der Waals surface area contributed by atoms with Crippen LogP contribution in [-0.2, 0) is 0 Å². The summed E-state index contributed by atoms with van der Waals surface area (Å²) in [6.45, 7) is 6.50. The molecule has 0 saturated heterocycles. The van der Waals surface area contributed by atoms with Crippen LogP contribution in [0.5, 0.6) is 0 Å². The maximum Gasteiger partial charge on any atom is 0.0474 e. The third-order valence-electron chi connectivity index (χ3n) is 2.15. The Morgan fingerprint density at radius 1 is 1.31 bits per heavy atom. The van der Waals surface area contributed by atoms with Crippen LogP contribution in [0.25, 0.3) is 0 Å². The first-order valence-corrected chi connectivity index (χ1v) is 4.79. The second kappa shape index (κ2) is 4.80. The van der Waals surface area contributed by atoms with Crippen molar-refractivity contribution >= 4 is 0 Å². The van der Waals surface area contributed by atoms with Gasteiger partial charge in [-0.15, -0.1) is 0 Å². The molecule has 0 aromatic carbocycles. The molecule has 0 aliphatic rings. The van der Waals surface area contributed by atoms with E-state index in [9.17, 15) is 0 Å². The van der Waals surface area contributed by atoms with E-state index in [-0.39, 0.29) is 0 Å². The van der Waals surface area contributed by atoms with Crippen LogP contribution in [0.3, 0.4) is 0 Å². The summed E-state index contributed by atoms with van der Waals surface area (Å²) >= 11 is 0. The lowest BCUT2D eigenvalue weighted by Gasteiger charge is -2.15. The van der Waals surface area contributed by atoms with E-state index in [0.717, 1.165) is 5.69 Å². The number of allylic oxidation sites excluding steroid dienone is 2. The average molecular weight is 175 g/mol. The summed E-state index contributed by atoms with van der Waals surface area (Å²) in [7, 11) is 0. The topological polar surface area (TPSA) is 12.9 Å². The van der Waals surface area contributed by atoms with Crippen molar-refractivity contribution in [3.63, 3.8) is 0 Å². The van der Waals surface area contributed by atoms with Gasteiger partial charge in [-0.2, -0.15) is 0 Å². The van der Waals surface area contributed by atoms with Gasteiger partial charge in [-0.25, -0.2) is 0 Å². The lowest BCUT2D eigenvalue weighted by atomic mass is 9.92. The van der Waals surface area contributed by atoms with Crippen LogP contribution in [0.15, 0.2) is 36.5 Å². The lowest BCUT2D eigenvalue weighted by Crippen LogP contribution is -2.05. The molecule has 0 spiro atoms. The molecule has 0 aliphatic heterocycles. The van der Waals surface area contributed by atoms with Crippen molar-refractivity contribution in [2.24, 2.45) is 5.92 Å². The molecule has 0 aliphatic carbocycles. The van der Waals surface area contributed by atoms with Crippen molar-refractivity contribution < 1.29 is 0 Å². The van der Waals surface area contributed by atoms with Crippen molar-refractivity contribution in [2.45, 2.75) is 26.7 Å². The SMILES string of the molecule is C/C=C\C(c1ccccn1)C(C)C. The van der Waals surface area contributed by atoms with E-state index in [1.807, 2.05) is 18.3 Å². The zero-order valence-electron chi connectivity index (χ0n) is 8.57. The average Bonchev–Trinajstić information content (AvgIpc) is 2.15. The highest BCUT2D eigenvalue weighted by atomic mass is 14.7. The predicted octanol–water partition coefficient (Wildman–Crippen LogP) is 3.40. The highest BCUT2D eigenvalue weighted by molar-refractivity contribution is 5.16. The van der Waals surface area contributed by atoms with Gasteiger partial charge in [0.25, 0.3) is 0 Å². The summed E-state index contributed by atoms with van der Waals surface area (Å²) in [4.78, 5) is 4.37. The van der Waals surface area contributed by atoms with Gasteiger partial charge in [0.05, 0.1) is 0 Å². The fourth-order valence-electron chi connectivity index (χ4n) is 1.44. The van der Waals surface area contributed by atoms with Crippen LogP contribution >= 0.6 is 0 Å². The Morgan fingerprint density at radius 3 is 2.54 bits per heavy atom. The van der Waals surface area contributed by atoms with Gasteiger partial charge >= 0.3 is 0 Å². The molecule has 1 unspecified atom stereocenters. The number of hydrogen-bond donors (Lipinski definition) is 0. The largest absolute Gasteiger partial charge is 0.261 e. The number of nitrogens with zero attached hydrogens (tertiary/aromatic N) is 1. The number of aromatic nitrogens is 1. The second-order valence-electron chi connectivity index (χ2n) is 3.55. The summed E-state index contributed by atoms with van der Waals surface area (Å²) in [6.07, 6.45) is 6.17. The standard InChI is InChI=1S/C12H17N/c1-4-7-11(10(2)3)12-8-5-6-9-13-12/h4-11H,1-3H3/b7-4-. The Balaban J connectivity index is 2.89. The van der Waals surface area contributed by atoms with E-state index in [0.29, 0.717) is 11.8 Å². The van der Waals surface area contributed by atoms with Gasteiger partial charge in [0.2, 0.25) is 0 Å². The normalized spacial score (nSPS) is 13.8. The van der Waals surface area contributed by atoms with Crippen LogP contribution in [0, 0.1) is 5.92 Å². The summed E-state index contributed by atoms with van der Waals surface area (Å²) in [5.41, 5.74) is 1.16. The zero-order valence-corrected chi connectivity index (χ0v) is 8.57. The molecule has 1 rings (SSSR count). The van der Waals surface area contributed by atoms with Crippen molar-refractivity contribution in [3.05, 3.63) is 42.2 Å². The molecule has 1 heterocycles. The molecule has 0 radical (unpaired) electrons. The molecule has 0 amide bonds. The molecule has 1 atom stereocenters. The van der Waals surface area contributed by atoms with Gasteiger partial charge in [0, 0.05) is 17.8 Å². The predicted molar refractivity (Wildman–Crippen MR) is 56.6 cm³/mol. The molecular weight excluding hydrogens is 158 g/mol. The van der Waals surface area contributed by atoms with Gasteiger partial charge in [-0.3, -0.25) is 4.98 Å². The Labute approximate surface area is 80.5 Å². The minimum atomic E-state index is 0.450. The van der Waals surface area contributed by atoms with E-state index in [1.165, 1.54) is 0 Å². The van der Waals surface area contributed by atoms with Crippen LogP contribution in [0.1, 0.15) is 32.4 Å². The van der Waals surface area contributed by atoms with Crippen LogP contribution in [0.2, 0.25) is 0 Å². The van der Waals surface area contributed by atoms with E-state index >= 15 is 0 Å². The highest BCUT2D eigenvalue weighted by Gasteiger charge is 2.12. The molecule has 1 heteroatoms. The van der Waals surface area contributed by atoms with Crippen LogP contribution in [-0.4, -0.2) is 4.98 Å². The first-order valence-electron chi connectivity index (χ1n) is 4.79. The Kier molecular flexibility index (Phi) is 3.69. The van der Waals surface area contributed by atoms with Crippen LogP contribution < -0.4 is 0 Å². The summed E-state index contributed by atoms with van der Waals surface area (Å²) < 4.78 is 0. The van der Waals surface area contributed by atoms with E-state index in [2.05, 4.69) is 44.0 Å². The molecule has 13 heavy (non-hydrogen) atoms. The molecule has 1 aromatic heterocycles. The van der Waals surface area contributed by atoms with Gasteiger partial charge in [0.15, 0.2) is 0 Å². The summed E-state index contributed by atoms with van der Waals surface area (Å²) in [6, 6.07) is 6.09. The van der Waals surface area contributed by atoms with Crippen molar-refractivity contribution in [3.8, 4) is 0 Å². The number of rotatable bonds is 3. The lowest BCUT2D eigenvalue weighted by molar-refractivity contribution is 0.566. The molecule has 70 valence electrons. The van der Waals surface area contributed by atoms with E-state index < -0.39 is 0 Å². The fraction of sp³-hybridized carbons (Fsp3) is 0.417. The fourth-order valence-corrected chi connectivity index (χ4v) is 1.44. The second-order valence-corrected chi connectivity index (χ2v) is 3.55. The minimum absolute atomic E-state index is 0.450. The number of hydrogen-bond acceptors (Lipinski definition) is 1. The molecule has 1 aromatic rings. The van der Waals surface area contributed by atoms with Crippen LogP contribution in [0.4, 0.5) is 0 Å². The van der Waals surface area contributed by atoms with Crippen molar-refractivity contribution in [1.82, 2.24) is 4.98 Å². The maximum absolute atomic E-state index is 4.37. The quantitative estimate of drug-likeness (QED) is 0.642. The van der Waals surface area contributed by atoms with Gasteiger partial charge in [0.1, 0.15) is 0 Å². The maximum atomic E-state index is 4.37. The van der Waals surface area contributed by atoms with Gasteiger partial charge in [-0.1, -0.05) is 32.1 Å². The summed E-state index contributed by atoms with van der Waals surface area (Å²) in [5.74, 6) is 1.05. The van der Waals surface area contributed by atoms with E-state index in [4.69, 9.17) is 0 Å². The molecule has 1 nitrogen and oxygen atoms in total. The first kappa shape index (κ1) is 9.97. The zero-order chi connectivity index (χ0) is 9.68. The Hall–Kier alpha value is -1.11. The Bertz CT molecular complexity index is 262. The molecule has 0 bridgehead atoms. The molecule has 0 fully saturated rings. The van der Waals surface area contributed by atoms with E-state index in [1.54, 1.807) is 0 Å². The molecule has 0 N–H and O–H groups in total. The first-order chi connectivity index (χ1) is 6.25. The Morgan fingerprint density at radius 2 is 2.08 bits per heavy atom. The number of pyridine rings is 1. The third-order valence-corrected chi connectivity index (χ3v) is 2.15. The third kappa shape index (κ3) is 2.69. The molecular formula is C12H17N. The van der Waals surface area contributed by atoms with Gasteiger partial charge in [-0.05, 0) is 25.0 Å². The van der Waals surface area contributed by atoms with Crippen molar-refractivity contribution in [2.75, 3.05) is 0 Å². The van der Waals surface area contributed by atoms with Gasteiger partial charge < -0.3 is 0 Å². The van der Waals surface area contributed by atoms with Crippen molar-refractivity contribution in [1.29, 1.82) is 0 Å². The minimum Gasteiger partial charge on any atom is -0.261 e. The smallest absolute Gasteiger partial charge is 0.0474 e. The highest BCUT2D eigenvalue weighted by Crippen LogP contribution is 2.23. The monoisotopic (exact) mass is 175 g/mol. The summed E-state index contributed by atoms with van der Waals surface area (Å²) in [5, 5.41) is 0. The molecule has 0 saturated carbocycles.